The third-order valence-electron chi connectivity index (χ3n) is 2.62. The number of para-hydroxylation sites is 1. The molecule has 2 rings (SSSR count). The molecule has 94 valence electrons. The number of thiophene rings is 1. The molecule has 1 amide bonds. The summed E-state index contributed by atoms with van der Waals surface area (Å²) >= 11 is 1.45. The second-order valence-corrected chi connectivity index (χ2v) is 4.74. The van der Waals surface area contributed by atoms with Crippen LogP contribution in [0.2, 0.25) is 0 Å². The van der Waals surface area contributed by atoms with E-state index >= 15 is 0 Å². The molecule has 0 aliphatic carbocycles. The summed E-state index contributed by atoms with van der Waals surface area (Å²) < 4.78 is 5.26. The van der Waals surface area contributed by atoms with Crippen molar-refractivity contribution in [3.05, 3.63) is 52.2 Å². The summed E-state index contributed by atoms with van der Waals surface area (Å²) in [7, 11) is 1.66. The van der Waals surface area contributed by atoms with E-state index in [-0.39, 0.29) is 5.91 Å². The standard InChI is InChI=1S/C14H15NO2S/c1-17-12-6-3-2-5-11(12)8-9-15-14(16)13-7-4-10-18-13/h2-7,10H,8-9H2,1H3,(H,15,16). The van der Waals surface area contributed by atoms with Crippen molar-refractivity contribution in [2.45, 2.75) is 6.42 Å². The zero-order chi connectivity index (χ0) is 12.8. The van der Waals surface area contributed by atoms with Gasteiger partial charge in [0.05, 0.1) is 12.0 Å². The predicted octanol–water partition coefficient (Wildman–Crippen LogP) is 2.73. The van der Waals surface area contributed by atoms with Gasteiger partial charge in [0.25, 0.3) is 5.91 Å². The van der Waals surface area contributed by atoms with Crippen molar-refractivity contribution in [1.29, 1.82) is 0 Å². The Morgan fingerprint density at radius 3 is 2.83 bits per heavy atom. The highest BCUT2D eigenvalue weighted by Gasteiger charge is 2.06. The summed E-state index contributed by atoms with van der Waals surface area (Å²) in [5.41, 5.74) is 1.10. The first kappa shape index (κ1) is 12.6. The Kier molecular flexibility index (Phi) is 4.36. The third-order valence-corrected chi connectivity index (χ3v) is 3.49. The highest BCUT2D eigenvalue weighted by Crippen LogP contribution is 2.17. The molecule has 0 spiro atoms. The molecule has 0 aliphatic rings. The molecule has 1 aromatic carbocycles. The maximum Gasteiger partial charge on any atom is 0.261 e. The summed E-state index contributed by atoms with van der Waals surface area (Å²) in [6, 6.07) is 11.5. The summed E-state index contributed by atoms with van der Waals surface area (Å²) in [5, 5.41) is 4.80. The Morgan fingerprint density at radius 2 is 2.11 bits per heavy atom. The van der Waals surface area contributed by atoms with Crippen LogP contribution in [0, 0.1) is 0 Å². The fourth-order valence-corrected chi connectivity index (χ4v) is 2.36. The fraction of sp³-hybridized carbons (Fsp3) is 0.214. The second kappa shape index (κ2) is 6.21. The number of hydrogen-bond donors (Lipinski definition) is 1. The summed E-state index contributed by atoms with van der Waals surface area (Å²) in [4.78, 5) is 12.5. The molecule has 0 aliphatic heterocycles. The molecule has 1 heterocycles. The van der Waals surface area contributed by atoms with Crippen molar-refractivity contribution < 1.29 is 9.53 Å². The number of amides is 1. The minimum atomic E-state index is -0.0140. The van der Waals surface area contributed by atoms with Gasteiger partial charge >= 0.3 is 0 Å². The number of hydrogen-bond acceptors (Lipinski definition) is 3. The molecule has 4 heteroatoms. The van der Waals surface area contributed by atoms with Gasteiger partial charge in [-0.15, -0.1) is 11.3 Å². The van der Waals surface area contributed by atoms with Crippen LogP contribution in [0.25, 0.3) is 0 Å². The molecule has 0 saturated heterocycles. The van der Waals surface area contributed by atoms with E-state index in [1.54, 1.807) is 7.11 Å². The molecule has 1 aromatic heterocycles. The second-order valence-electron chi connectivity index (χ2n) is 3.80. The molecule has 0 saturated carbocycles. The van der Waals surface area contributed by atoms with Gasteiger partial charge in [-0.2, -0.15) is 0 Å². The third kappa shape index (κ3) is 3.11. The lowest BCUT2D eigenvalue weighted by Crippen LogP contribution is -2.24. The topological polar surface area (TPSA) is 38.3 Å². The maximum absolute atomic E-state index is 11.7. The van der Waals surface area contributed by atoms with Gasteiger partial charge in [0.15, 0.2) is 0 Å². The molecule has 3 nitrogen and oxygen atoms in total. The quantitative estimate of drug-likeness (QED) is 0.898. The van der Waals surface area contributed by atoms with Crippen LogP contribution in [-0.4, -0.2) is 19.6 Å². The number of methoxy groups -OCH3 is 1. The minimum Gasteiger partial charge on any atom is -0.496 e. The number of carbonyl (C=O) groups is 1. The average molecular weight is 261 g/mol. The van der Waals surface area contributed by atoms with E-state index in [0.717, 1.165) is 22.6 Å². The monoisotopic (exact) mass is 261 g/mol. The first-order chi connectivity index (χ1) is 8.81. The number of ether oxygens (including phenoxy) is 1. The van der Waals surface area contributed by atoms with Crippen LogP contribution in [0.15, 0.2) is 41.8 Å². The predicted molar refractivity (Wildman–Crippen MR) is 73.4 cm³/mol. The van der Waals surface area contributed by atoms with Crippen LogP contribution < -0.4 is 10.1 Å². The van der Waals surface area contributed by atoms with Gasteiger partial charge in [-0.1, -0.05) is 24.3 Å². The van der Waals surface area contributed by atoms with Gasteiger partial charge in [0.1, 0.15) is 5.75 Å². The van der Waals surface area contributed by atoms with Gasteiger partial charge in [-0.05, 0) is 29.5 Å². The van der Waals surface area contributed by atoms with E-state index in [9.17, 15) is 4.79 Å². The highest BCUT2D eigenvalue weighted by molar-refractivity contribution is 7.12. The van der Waals surface area contributed by atoms with Crippen LogP contribution in [0.5, 0.6) is 5.75 Å². The Bertz CT molecular complexity index is 508. The Hall–Kier alpha value is -1.81. The Labute approximate surface area is 110 Å². The van der Waals surface area contributed by atoms with Crippen LogP contribution in [-0.2, 0) is 6.42 Å². The van der Waals surface area contributed by atoms with Crippen LogP contribution in [0.4, 0.5) is 0 Å². The lowest BCUT2D eigenvalue weighted by atomic mass is 10.1. The summed E-state index contributed by atoms with van der Waals surface area (Å²) in [6.45, 7) is 0.608. The molecule has 0 radical (unpaired) electrons. The minimum absolute atomic E-state index is 0.0140. The Balaban J connectivity index is 1.87. The van der Waals surface area contributed by atoms with Gasteiger partial charge in [0.2, 0.25) is 0 Å². The van der Waals surface area contributed by atoms with Crippen molar-refractivity contribution in [2.75, 3.05) is 13.7 Å². The number of nitrogens with one attached hydrogen (secondary N) is 1. The van der Waals surface area contributed by atoms with Crippen LogP contribution in [0.3, 0.4) is 0 Å². The average Bonchev–Trinajstić information content (AvgIpc) is 2.93. The van der Waals surface area contributed by atoms with Gasteiger partial charge in [-0.25, -0.2) is 0 Å². The van der Waals surface area contributed by atoms with Crippen molar-refractivity contribution in [2.24, 2.45) is 0 Å². The van der Waals surface area contributed by atoms with Crippen LogP contribution in [0.1, 0.15) is 15.2 Å². The zero-order valence-corrected chi connectivity index (χ0v) is 11.0. The number of carbonyl (C=O) groups excluding carboxylic acids is 1. The van der Waals surface area contributed by atoms with E-state index in [2.05, 4.69) is 5.32 Å². The first-order valence-corrected chi connectivity index (χ1v) is 6.63. The van der Waals surface area contributed by atoms with Crippen molar-refractivity contribution in [1.82, 2.24) is 5.32 Å². The lowest BCUT2D eigenvalue weighted by Gasteiger charge is -2.08. The lowest BCUT2D eigenvalue weighted by molar-refractivity contribution is 0.0958. The molecular weight excluding hydrogens is 246 g/mol. The molecule has 0 unspecified atom stereocenters. The normalized spacial score (nSPS) is 10.1. The van der Waals surface area contributed by atoms with E-state index in [1.165, 1.54) is 11.3 Å². The zero-order valence-electron chi connectivity index (χ0n) is 10.2. The smallest absolute Gasteiger partial charge is 0.261 e. The van der Waals surface area contributed by atoms with E-state index < -0.39 is 0 Å². The highest BCUT2D eigenvalue weighted by atomic mass is 32.1. The maximum atomic E-state index is 11.7. The van der Waals surface area contributed by atoms with Gasteiger partial charge < -0.3 is 10.1 Å². The Morgan fingerprint density at radius 1 is 1.28 bits per heavy atom. The molecule has 0 atom stereocenters. The first-order valence-electron chi connectivity index (χ1n) is 5.75. The van der Waals surface area contributed by atoms with Gasteiger partial charge in [-0.3, -0.25) is 4.79 Å². The van der Waals surface area contributed by atoms with E-state index in [1.807, 2.05) is 41.8 Å². The number of rotatable bonds is 5. The molecular formula is C14H15NO2S. The molecule has 2 aromatic rings. The van der Waals surface area contributed by atoms with Crippen molar-refractivity contribution in [3.63, 3.8) is 0 Å². The summed E-state index contributed by atoms with van der Waals surface area (Å²) in [6.07, 6.45) is 0.765. The molecule has 0 fully saturated rings. The molecule has 18 heavy (non-hydrogen) atoms. The van der Waals surface area contributed by atoms with Crippen molar-refractivity contribution >= 4 is 17.2 Å². The fourth-order valence-electron chi connectivity index (χ4n) is 1.72. The van der Waals surface area contributed by atoms with Crippen molar-refractivity contribution in [3.8, 4) is 5.75 Å². The SMILES string of the molecule is COc1ccccc1CCNC(=O)c1cccs1. The van der Waals surface area contributed by atoms with E-state index in [4.69, 9.17) is 4.74 Å². The molecule has 1 N–H and O–H groups in total. The summed E-state index contributed by atoms with van der Waals surface area (Å²) in [5.74, 6) is 0.850. The van der Waals surface area contributed by atoms with E-state index in [0.29, 0.717) is 6.54 Å². The number of benzene rings is 1. The van der Waals surface area contributed by atoms with Gasteiger partial charge in [0, 0.05) is 6.54 Å². The molecule has 0 bridgehead atoms. The van der Waals surface area contributed by atoms with Crippen LogP contribution >= 0.6 is 11.3 Å². The largest absolute Gasteiger partial charge is 0.496 e.